The molecule has 160 valence electrons. The zero-order valence-corrected chi connectivity index (χ0v) is 17.4. The lowest BCUT2D eigenvalue weighted by Gasteiger charge is -2.19. The molecule has 0 spiro atoms. The monoisotopic (exact) mass is 430 g/mol. The SMILES string of the molecule is C=CC(=O)Oc1ccccc1/C(=C(\CC)c1cccc(F)c1F)c1ccc2[nH]ncc2c1. The lowest BCUT2D eigenvalue weighted by molar-refractivity contribution is -0.128. The average molecular weight is 430 g/mol. The number of ether oxygens (including phenoxy) is 1. The van der Waals surface area contributed by atoms with Crippen LogP contribution in [0.3, 0.4) is 0 Å². The second kappa shape index (κ2) is 8.98. The molecule has 0 aliphatic carbocycles. The Morgan fingerprint density at radius 3 is 2.66 bits per heavy atom. The van der Waals surface area contributed by atoms with E-state index in [-0.39, 0.29) is 5.56 Å². The van der Waals surface area contributed by atoms with Crippen LogP contribution in [0.15, 0.2) is 79.5 Å². The fourth-order valence-corrected chi connectivity index (χ4v) is 3.74. The number of benzene rings is 3. The van der Waals surface area contributed by atoms with E-state index in [0.717, 1.165) is 28.6 Å². The Morgan fingerprint density at radius 1 is 1.09 bits per heavy atom. The minimum atomic E-state index is -0.926. The van der Waals surface area contributed by atoms with Gasteiger partial charge in [-0.05, 0) is 47.4 Å². The number of carbonyl (C=O) groups excluding carboxylic acids is 1. The van der Waals surface area contributed by atoms with Gasteiger partial charge in [0.05, 0.1) is 11.7 Å². The zero-order valence-electron chi connectivity index (χ0n) is 17.4. The molecule has 4 rings (SSSR count). The van der Waals surface area contributed by atoms with Crippen molar-refractivity contribution < 1.29 is 18.3 Å². The molecule has 0 atom stereocenters. The molecule has 32 heavy (non-hydrogen) atoms. The Balaban J connectivity index is 2.06. The normalized spacial score (nSPS) is 11.8. The molecular formula is C26H20F2N2O2. The Kier molecular flexibility index (Phi) is 5.94. The molecule has 0 radical (unpaired) electrons. The van der Waals surface area contributed by atoms with Gasteiger partial charge in [-0.25, -0.2) is 13.6 Å². The lowest BCUT2D eigenvalue weighted by Crippen LogP contribution is -2.06. The van der Waals surface area contributed by atoms with Gasteiger partial charge in [0.1, 0.15) is 5.75 Å². The van der Waals surface area contributed by atoms with Crippen molar-refractivity contribution in [1.29, 1.82) is 0 Å². The highest BCUT2D eigenvalue weighted by atomic mass is 19.2. The minimum Gasteiger partial charge on any atom is -0.423 e. The van der Waals surface area contributed by atoms with Gasteiger partial charge in [-0.15, -0.1) is 0 Å². The molecule has 0 bridgehead atoms. The fraction of sp³-hybridized carbons (Fsp3) is 0.0769. The molecular weight excluding hydrogens is 410 g/mol. The molecule has 4 nitrogen and oxygen atoms in total. The Morgan fingerprint density at radius 2 is 1.88 bits per heavy atom. The molecule has 0 amide bonds. The quantitative estimate of drug-likeness (QED) is 0.169. The first-order valence-corrected chi connectivity index (χ1v) is 10.1. The second-order valence-corrected chi connectivity index (χ2v) is 7.10. The van der Waals surface area contributed by atoms with E-state index in [2.05, 4.69) is 16.8 Å². The van der Waals surface area contributed by atoms with Gasteiger partial charge < -0.3 is 4.74 Å². The third kappa shape index (κ3) is 3.95. The molecule has 1 aromatic heterocycles. The molecule has 1 heterocycles. The highest BCUT2D eigenvalue weighted by Gasteiger charge is 2.21. The summed E-state index contributed by atoms with van der Waals surface area (Å²) >= 11 is 0. The molecule has 0 saturated carbocycles. The number of hydrogen-bond donors (Lipinski definition) is 1. The number of nitrogens with one attached hydrogen (secondary N) is 1. The highest BCUT2D eigenvalue weighted by Crippen LogP contribution is 2.40. The van der Waals surface area contributed by atoms with Crippen LogP contribution in [0.25, 0.3) is 22.0 Å². The van der Waals surface area contributed by atoms with E-state index in [0.29, 0.717) is 28.9 Å². The summed E-state index contributed by atoms with van der Waals surface area (Å²) in [6, 6.07) is 16.7. The summed E-state index contributed by atoms with van der Waals surface area (Å²) in [5.74, 6) is -2.17. The number of allylic oxidation sites excluding steroid dienone is 1. The van der Waals surface area contributed by atoms with E-state index in [1.54, 1.807) is 36.5 Å². The summed E-state index contributed by atoms with van der Waals surface area (Å²) in [6.45, 7) is 5.32. The highest BCUT2D eigenvalue weighted by molar-refractivity contribution is 6.02. The van der Waals surface area contributed by atoms with E-state index in [4.69, 9.17) is 4.74 Å². The number of halogens is 2. The number of aromatic amines is 1. The van der Waals surface area contributed by atoms with Gasteiger partial charge in [-0.3, -0.25) is 5.10 Å². The number of rotatable bonds is 6. The third-order valence-corrected chi connectivity index (χ3v) is 5.19. The zero-order chi connectivity index (χ0) is 22.7. The summed E-state index contributed by atoms with van der Waals surface area (Å²) in [5.41, 5.74) is 3.53. The number of nitrogens with zero attached hydrogens (tertiary/aromatic N) is 1. The van der Waals surface area contributed by atoms with Crippen molar-refractivity contribution in [3.63, 3.8) is 0 Å². The standard InChI is InChI=1S/C26H20F2N2O2/c1-3-18(19-9-7-10-21(27)26(19)28)25(16-12-13-22-17(14-16)15-29-30-22)20-8-5-6-11-23(20)32-24(31)4-2/h4-15H,2-3H2,1H3,(H,29,30)/b25-18+. The number of fused-ring (bicyclic) bond motifs is 1. The van der Waals surface area contributed by atoms with Crippen molar-refractivity contribution in [1.82, 2.24) is 10.2 Å². The van der Waals surface area contributed by atoms with Crippen LogP contribution in [0.1, 0.15) is 30.0 Å². The topological polar surface area (TPSA) is 55.0 Å². The molecule has 0 aliphatic heterocycles. The van der Waals surface area contributed by atoms with Gasteiger partial charge in [0.25, 0.3) is 0 Å². The number of esters is 1. The Bertz CT molecular complexity index is 1350. The number of para-hydroxylation sites is 1. The number of carbonyl (C=O) groups is 1. The molecule has 0 saturated heterocycles. The summed E-state index contributed by atoms with van der Waals surface area (Å²) in [5, 5.41) is 7.82. The van der Waals surface area contributed by atoms with Crippen LogP contribution in [-0.2, 0) is 4.79 Å². The van der Waals surface area contributed by atoms with Gasteiger partial charge in [-0.2, -0.15) is 5.10 Å². The first-order valence-electron chi connectivity index (χ1n) is 10.1. The van der Waals surface area contributed by atoms with Crippen molar-refractivity contribution >= 4 is 28.0 Å². The van der Waals surface area contributed by atoms with Gasteiger partial charge in [0.2, 0.25) is 0 Å². The van der Waals surface area contributed by atoms with E-state index >= 15 is 0 Å². The molecule has 3 aromatic carbocycles. The van der Waals surface area contributed by atoms with Gasteiger partial charge in [-0.1, -0.05) is 49.9 Å². The third-order valence-electron chi connectivity index (χ3n) is 5.19. The maximum Gasteiger partial charge on any atom is 0.335 e. The summed E-state index contributed by atoms with van der Waals surface area (Å²) in [7, 11) is 0. The Labute approximate surface area is 183 Å². The van der Waals surface area contributed by atoms with Crippen molar-refractivity contribution in [3.05, 3.63) is 108 Å². The van der Waals surface area contributed by atoms with Crippen molar-refractivity contribution in [2.75, 3.05) is 0 Å². The Hall–Kier alpha value is -4.06. The van der Waals surface area contributed by atoms with Crippen LogP contribution in [-0.4, -0.2) is 16.2 Å². The summed E-state index contributed by atoms with van der Waals surface area (Å²) in [4.78, 5) is 12.0. The number of H-pyrrole nitrogens is 1. The van der Waals surface area contributed by atoms with Crippen molar-refractivity contribution in [2.24, 2.45) is 0 Å². The van der Waals surface area contributed by atoms with Crippen LogP contribution in [0, 0.1) is 11.6 Å². The molecule has 0 fully saturated rings. The van der Waals surface area contributed by atoms with Gasteiger partial charge in [0.15, 0.2) is 11.6 Å². The summed E-state index contributed by atoms with van der Waals surface area (Å²) in [6.07, 6.45) is 3.17. The molecule has 6 heteroatoms. The van der Waals surface area contributed by atoms with E-state index in [9.17, 15) is 13.6 Å². The smallest absolute Gasteiger partial charge is 0.335 e. The summed E-state index contributed by atoms with van der Waals surface area (Å²) < 4.78 is 34.5. The maximum absolute atomic E-state index is 14.9. The van der Waals surface area contributed by atoms with Crippen LogP contribution < -0.4 is 4.74 Å². The van der Waals surface area contributed by atoms with Crippen molar-refractivity contribution in [3.8, 4) is 5.75 Å². The first kappa shape index (κ1) is 21.2. The lowest BCUT2D eigenvalue weighted by atomic mass is 9.87. The largest absolute Gasteiger partial charge is 0.423 e. The van der Waals surface area contributed by atoms with Gasteiger partial charge in [0, 0.05) is 22.6 Å². The molecule has 4 aromatic rings. The fourth-order valence-electron chi connectivity index (χ4n) is 3.74. The first-order chi connectivity index (χ1) is 15.5. The number of hydrogen-bond acceptors (Lipinski definition) is 3. The van der Waals surface area contributed by atoms with Gasteiger partial charge >= 0.3 is 5.97 Å². The van der Waals surface area contributed by atoms with E-state index in [1.807, 2.05) is 25.1 Å². The second-order valence-electron chi connectivity index (χ2n) is 7.10. The van der Waals surface area contributed by atoms with Crippen LogP contribution in [0.5, 0.6) is 5.75 Å². The van der Waals surface area contributed by atoms with Crippen LogP contribution in [0.2, 0.25) is 0 Å². The average Bonchev–Trinajstić information content (AvgIpc) is 3.28. The van der Waals surface area contributed by atoms with Crippen molar-refractivity contribution in [2.45, 2.75) is 13.3 Å². The predicted molar refractivity (Wildman–Crippen MR) is 121 cm³/mol. The molecule has 0 unspecified atom stereocenters. The predicted octanol–water partition coefficient (Wildman–Crippen LogP) is 6.30. The van der Waals surface area contributed by atoms with Crippen LogP contribution >= 0.6 is 0 Å². The molecule has 1 N–H and O–H groups in total. The van der Waals surface area contributed by atoms with E-state index in [1.165, 1.54) is 6.07 Å². The van der Waals surface area contributed by atoms with E-state index < -0.39 is 17.6 Å². The van der Waals surface area contributed by atoms with Crippen LogP contribution in [0.4, 0.5) is 8.78 Å². The number of aromatic nitrogens is 2. The minimum absolute atomic E-state index is 0.152. The maximum atomic E-state index is 14.9. The molecule has 0 aliphatic rings.